The van der Waals surface area contributed by atoms with Gasteiger partial charge in [-0.15, -0.1) is 6.42 Å². The number of rotatable bonds is 6. The molecule has 86 valence electrons. The second-order valence-corrected chi connectivity index (χ2v) is 4.09. The van der Waals surface area contributed by atoms with Gasteiger partial charge in [-0.2, -0.15) is 0 Å². The Bertz CT molecular complexity index is 323. The van der Waals surface area contributed by atoms with Gasteiger partial charge in [-0.25, -0.2) is 0 Å². The normalized spacial score (nSPS) is 14.1. The van der Waals surface area contributed by atoms with Crippen LogP contribution in [-0.4, -0.2) is 12.1 Å². The molecule has 0 saturated heterocycles. The van der Waals surface area contributed by atoms with Crippen molar-refractivity contribution in [1.82, 2.24) is 5.32 Å². The number of hydrogen-bond acceptors (Lipinski definition) is 1. The molecule has 1 N–H and O–H groups in total. The van der Waals surface area contributed by atoms with E-state index in [0.717, 1.165) is 19.3 Å². The Hall–Kier alpha value is -1.26. The Morgan fingerprint density at radius 1 is 1.19 bits per heavy atom. The summed E-state index contributed by atoms with van der Waals surface area (Å²) in [6.07, 6.45) is 8.61. The average molecular weight is 215 g/mol. The van der Waals surface area contributed by atoms with Crippen molar-refractivity contribution in [2.24, 2.45) is 0 Å². The van der Waals surface area contributed by atoms with E-state index in [9.17, 15) is 0 Å². The molecule has 2 atom stereocenters. The molecule has 16 heavy (non-hydrogen) atoms. The second kappa shape index (κ2) is 7.09. The average Bonchev–Trinajstić information content (AvgIpc) is 2.35. The molecule has 0 aliphatic rings. The highest BCUT2D eigenvalue weighted by Gasteiger charge is 2.10. The first kappa shape index (κ1) is 12.8. The van der Waals surface area contributed by atoms with Gasteiger partial charge in [-0.1, -0.05) is 50.1 Å². The highest BCUT2D eigenvalue weighted by Crippen LogP contribution is 2.06. The van der Waals surface area contributed by atoms with Gasteiger partial charge in [0, 0.05) is 6.04 Å². The lowest BCUT2D eigenvalue weighted by atomic mass is 10.0. The van der Waals surface area contributed by atoms with Crippen molar-refractivity contribution in [1.29, 1.82) is 0 Å². The summed E-state index contributed by atoms with van der Waals surface area (Å²) in [5.41, 5.74) is 1.37. The van der Waals surface area contributed by atoms with E-state index in [1.54, 1.807) is 0 Å². The van der Waals surface area contributed by atoms with E-state index in [4.69, 9.17) is 6.42 Å². The fraction of sp³-hybridized carbons (Fsp3) is 0.467. The summed E-state index contributed by atoms with van der Waals surface area (Å²) >= 11 is 0. The van der Waals surface area contributed by atoms with Crippen LogP contribution in [0.2, 0.25) is 0 Å². The Kier molecular flexibility index (Phi) is 5.67. The van der Waals surface area contributed by atoms with E-state index in [1.807, 2.05) is 6.07 Å². The van der Waals surface area contributed by atoms with Crippen LogP contribution in [0.25, 0.3) is 0 Å². The van der Waals surface area contributed by atoms with Crippen LogP contribution in [0, 0.1) is 12.3 Å². The third kappa shape index (κ3) is 4.08. The molecule has 0 radical (unpaired) electrons. The first-order valence-corrected chi connectivity index (χ1v) is 6.06. The third-order valence-corrected chi connectivity index (χ3v) is 2.86. The van der Waals surface area contributed by atoms with Crippen molar-refractivity contribution < 1.29 is 0 Å². The topological polar surface area (TPSA) is 12.0 Å². The molecule has 0 aliphatic carbocycles. The smallest absolute Gasteiger partial charge is 0.0686 e. The van der Waals surface area contributed by atoms with Gasteiger partial charge in [0.15, 0.2) is 0 Å². The predicted octanol–water partition coefficient (Wildman–Crippen LogP) is 3.01. The van der Waals surface area contributed by atoms with Gasteiger partial charge in [0.25, 0.3) is 0 Å². The molecular weight excluding hydrogens is 194 g/mol. The zero-order chi connectivity index (χ0) is 11.8. The lowest BCUT2D eigenvalue weighted by Gasteiger charge is -2.20. The van der Waals surface area contributed by atoms with E-state index < -0.39 is 0 Å². The number of terminal acetylenes is 1. The van der Waals surface area contributed by atoms with Crippen molar-refractivity contribution >= 4 is 0 Å². The van der Waals surface area contributed by atoms with Gasteiger partial charge >= 0.3 is 0 Å². The first-order chi connectivity index (χ1) is 7.80. The minimum atomic E-state index is 0.202. The summed E-state index contributed by atoms with van der Waals surface area (Å²) in [6, 6.07) is 11.2. The Morgan fingerprint density at radius 3 is 2.38 bits per heavy atom. The predicted molar refractivity (Wildman–Crippen MR) is 70.3 cm³/mol. The zero-order valence-corrected chi connectivity index (χ0v) is 10.2. The maximum absolute atomic E-state index is 5.47. The van der Waals surface area contributed by atoms with E-state index in [0.29, 0.717) is 6.04 Å². The first-order valence-electron chi connectivity index (χ1n) is 6.06. The molecule has 0 amide bonds. The Morgan fingerprint density at radius 2 is 1.88 bits per heavy atom. The maximum Gasteiger partial charge on any atom is 0.0686 e. The largest absolute Gasteiger partial charge is 0.301 e. The molecule has 1 aromatic carbocycles. The summed E-state index contributed by atoms with van der Waals surface area (Å²) in [5, 5.41) is 3.52. The lowest BCUT2D eigenvalue weighted by molar-refractivity contribution is 0.454. The Balaban J connectivity index is 2.53. The van der Waals surface area contributed by atoms with Gasteiger partial charge in [0.1, 0.15) is 0 Å². The molecule has 1 rings (SSSR count). The molecule has 0 spiro atoms. The van der Waals surface area contributed by atoms with Crippen LogP contribution in [0.1, 0.15) is 32.3 Å². The van der Waals surface area contributed by atoms with Gasteiger partial charge in [0.2, 0.25) is 0 Å². The standard InChI is InChI=1S/C15H21N/c1-4-14(5-2)16-15(6-3)12-13-10-8-7-9-11-13/h1,7-11,14-16H,5-6,12H2,2-3H3. The van der Waals surface area contributed by atoms with E-state index in [1.165, 1.54) is 5.56 Å². The van der Waals surface area contributed by atoms with Gasteiger partial charge in [-0.05, 0) is 24.8 Å². The van der Waals surface area contributed by atoms with Crippen molar-refractivity contribution in [2.75, 3.05) is 0 Å². The highest BCUT2D eigenvalue weighted by atomic mass is 14.9. The van der Waals surface area contributed by atoms with Crippen molar-refractivity contribution in [3.63, 3.8) is 0 Å². The van der Waals surface area contributed by atoms with Gasteiger partial charge in [-0.3, -0.25) is 0 Å². The monoisotopic (exact) mass is 215 g/mol. The van der Waals surface area contributed by atoms with E-state index in [-0.39, 0.29) is 6.04 Å². The van der Waals surface area contributed by atoms with E-state index in [2.05, 4.69) is 49.4 Å². The number of benzene rings is 1. The minimum absolute atomic E-state index is 0.202. The molecule has 2 unspecified atom stereocenters. The molecule has 0 aromatic heterocycles. The molecule has 0 aliphatic heterocycles. The molecule has 1 heteroatoms. The minimum Gasteiger partial charge on any atom is -0.301 e. The molecular formula is C15H21N. The summed E-state index contributed by atoms with van der Waals surface area (Å²) in [5.74, 6) is 2.79. The maximum atomic E-state index is 5.47. The molecule has 0 bridgehead atoms. The molecule has 0 heterocycles. The van der Waals surface area contributed by atoms with Crippen LogP contribution in [0.5, 0.6) is 0 Å². The van der Waals surface area contributed by atoms with Gasteiger partial charge in [0.05, 0.1) is 6.04 Å². The molecule has 1 nitrogen and oxygen atoms in total. The van der Waals surface area contributed by atoms with Crippen LogP contribution < -0.4 is 5.32 Å². The quantitative estimate of drug-likeness (QED) is 0.719. The highest BCUT2D eigenvalue weighted by molar-refractivity contribution is 5.16. The molecule has 0 saturated carbocycles. The lowest BCUT2D eigenvalue weighted by Crippen LogP contribution is -2.38. The Labute approximate surface area is 99.3 Å². The van der Waals surface area contributed by atoms with Crippen LogP contribution in [-0.2, 0) is 6.42 Å². The summed E-state index contributed by atoms with van der Waals surface area (Å²) < 4.78 is 0. The fourth-order valence-electron chi connectivity index (χ4n) is 1.79. The SMILES string of the molecule is C#CC(CC)NC(CC)Cc1ccccc1. The zero-order valence-electron chi connectivity index (χ0n) is 10.2. The van der Waals surface area contributed by atoms with Crippen LogP contribution in [0.3, 0.4) is 0 Å². The van der Waals surface area contributed by atoms with Crippen molar-refractivity contribution in [3.05, 3.63) is 35.9 Å². The number of hydrogen-bond donors (Lipinski definition) is 1. The summed E-state index contributed by atoms with van der Waals surface area (Å²) in [4.78, 5) is 0. The van der Waals surface area contributed by atoms with E-state index >= 15 is 0 Å². The molecule has 1 aromatic rings. The fourth-order valence-corrected chi connectivity index (χ4v) is 1.79. The molecule has 0 fully saturated rings. The summed E-state index contributed by atoms with van der Waals surface area (Å²) in [6.45, 7) is 4.32. The van der Waals surface area contributed by atoms with Crippen LogP contribution >= 0.6 is 0 Å². The summed E-state index contributed by atoms with van der Waals surface area (Å²) in [7, 11) is 0. The van der Waals surface area contributed by atoms with Crippen LogP contribution in [0.15, 0.2) is 30.3 Å². The van der Waals surface area contributed by atoms with Crippen molar-refractivity contribution in [3.8, 4) is 12.3 Å². The van der Waals surface area contributed by atoms with Gasteiger partial charge < -0.3 is 5.32 Å². The third-order valence-electron chi connectivity index (χ3n) is 2.86. The van der Waals surface area contributed by atoms with Crippen molar-refractivity contribution in [2.45, 2.75) is 45.2 Å². The second-order valence-electron chi connectivity index (χ2n) is 4.09. The van der Waals surface area contributed by atoms with Crippen LogP contribution in [0.4, 0.5) is 0 Å². The number of nitrogens with one attached hydrogen (secondary N) is 1.